The lowest BCUT2D eigenvalue weighted by molar-refractivity contribution is -0.146. The Kier molecular flexibility index (Phi) is 25.8. The Balaban J connectivity index is 4.48. The Labute approximate surface area is 262 Å². The molecule has 0 amide bonds. The molecule has 242 valence electrons. The number of unbranched alkanes of at least 4 members (excludes halogenated alkanes) is 11. The van der Waals surface area contributed by atoms with E-state index in [1.807, 2.05) is 32.9 Å². The number of carbonyl (C=O) groups is 3. The molecule has 1 unspecified atom stereocenters. The molecule has 0 N–H and O–H groups in total. The quantitative estimate of drug-likeness (QED) is 0.0291. The summed E-state index contributed by atoms with van der Waals surface area (Å²) in [4.78, 5) is 35.5. The van der Waals surface area contributed by atoms with Crippen molar-refractivity contribution in [2.45, 2.75) is 150 Å². The van der Waals surface area contributed by atoms with Gasteiger partial charge in [-0.1, -0.05) is 93.9 Å². The van der Waals surface area contributed by atoms with Gasteiger partial charge in [-0.15, -0.1) is 0 Å². The van der Waals surface area contributed by atoms with Crippen LogP contribution in [0.25, 0.3) is 0 Å². The van der Waals surface area contributed by atoms with Crippen LogP contribution in [0.2, 0.25) is 0 Å². The van der Waals surface area contributed by atoms with Crippen molar-refractivity contribution in [3.8, 4) is 11.8 Å². The molecule has 0 bridgehead atoms. The van der Waals surface area contributed by atoms with E-state index in [1.54, 1.807) is 0 Å². The summed E-state index contributed by atoms with van der Waals surface area (Å²) in [6, 6.07) is 0. The second-order valence-electron chi connectivity index (χ2n) is 11.3. The van der Waals surface area contributed by atoms with Crippen LogP contribution in [-0.2, 0) is 28.6 Å². The molecule has 0 aliphatic heterocycles. The molecular formula is C37H58O6. The molecular weight excluding hydrogens is 540 g/mol. The summed E-state index contributed by atoms with van der Waals surface area (Å²) in [7, 11) is 0. The van der Waals surface area contributed by atoms with E-state index in [4.69, 9.17) is 14.2 Å². The average Bonchev–Trinajstić information content (AvgIpc) is 2.94. The van der Waals surface area contributed by atoms with Gasteiger partial charge in [0, 0.05) is 38.7 Å². The molecule has 6 heteroatoms. The summed E-state index contributed by atoms with van der Waals surface area (Å²) in [6.45, 7) is 10.8. The van der Waals surface area contributed by atoms with Gasteiger partial charge in [-0.05, 0) is 64.5 Å². The Morgan fingerprint density at radius 1 is 0.744 bits per heavy atom. The van der Waals surface area contributed by atoms with Crippen molar-refractivity contribution in [2.75, 3.05) is 6.61 Å². The van der Waals surface area contributed by atoms with Gasteiger partial charge >= 0.3 is 17.9 Å². The number of carbonyl (C=O) groups excluding carboxylic acids is 3. The first-order chi connectivity index (χ1) is 20.6. The maximum atomic E-state index is 12.3. The molecule has 0 aliphatic carbocycles. The van der Waals surface area contributed by atoms with Crippen LogP contribution in [0.5, 0.6) is 0 Å². The Morgan fingerprint density at radius 3 is 1.93 bits per heavy atom. The summed E-state index contributed by atoms with van der Waals surface area (Å²) in [5.41, 5.74) is 2.49. The summed E-state index contributed by atoms with van der Waals surface area (Å²) in [5.74, 6) is 4.83. The van der Waals surface area contributed by atoms with Crippen LogP contribution in [0.3, 0.4) is 0 Å². The molecule has 0 saturated heterocycles. The third kappa shape index (κ3) is 27.5. The van der Waals surface area contributed by atoms with Crippen LogP contribution < -0.4 is 0 Å². The lowest BCUT2D eigenvalue weighted by atomic mass is 10.0. The summed E-state index contributed by atoms with van der Waals surface area (Å²) < 4.78 is 16.0. The van der Waals surface area contributed by atoms with E-state index >= 15 is 0 Å². The predicted octanol–water partition coefficient (Wildman–Crippen LogP) is 9.64. The van der Waals surface area contributed by atoms with E-state index in [0.717, 1.165) is 36.8 Å². The summed E-state index contributed by atoms with van der Waals surface area (Å²) in [5, 5.41) is 0. The second kappa shape index (κ2) is 27.7. The molecule has 1 atom stereocenters. The van der Waals surface area contributed by atoms with Crippen molar-refractivity contribution in [1.29, 1.82) is 0 Å². The first-order valence-corrected chi connectivity index (χ1v) is 16.3. The summed E-state index contributed by atoms with van der Waals surface area (Å²) in [6.07, 6.45) is 25.7. The van der Waals surface area contributed by atoms with Gasteiger partial charge < -0.3 is 14.2 Å². The van der Waals surface area contributed by atoms with Crippen LogP contribution in [0.4, 0.5) is 0 Å². The average molecular weight is 599 g/mol. The van der Waals surface area contributed by atoms with Crippen molar-refractivity contribution in [3.05, 3.63) is 47.3 Å². The molecule has 0 aromatic carbocycles. The van der Waals surface area contributed by atoms with E-state index in [-0.39, 0.29) is 19.0 Å². The molecule has 0 saturated carbocycles. The topological polar surface area (TPSA) is 78.9 Å². The highest BCUT2D eigenvalue weighted by Crippen LogP contribution is 2.18. The van der Waals surface area contributed by atoms with Gasteiger partial charge in [0.15, 0.2) is 0 Å². The molecule has 0 spiro atoms. The van der Waals surface area contributed by atoms with Crippen molar-refractivity contribution in [2.24, 2.45) is 0 Å². The molecule has 0 fully saturated rings. The maximum absolute atomic E-state index is 12.3. The molecule has 0 heterocycles. The van der Waals surface area contributed by atoms with E-state index < -0.39 is 18.0 Å². The Hall–Kier alpha value is -3.07. The monoisotopic (exact) mass is 598 g/mol. The predicted molar refractivity (Wildman–Crippen MR) is 176 cm³/mol. The van der Waals surface area contributed by atoms with Crippen molar-refractivity contribution >= 4 is 17.9 Å². The summed E-state index contributed by atoms with van der Waals surface area (Å²) >= 11 is 0. The van der Waals surface area contributed by atoms with E-state index in [9.17, 15) is 14.4 Å². The standard InChI is InChI=1S/C37H58O6/c1-7-8-9-10-11-12-13-14-15-16-17-18-19-20-21-25-37(40)41-29-28-35(30-42-33(5)38)36(43-34(6)39)27-26-32(4)24-22-23-31(2)3/h14-15,23,26,30,36H,7-13,16-21,25,27-29H2,1-6H3. The van der Waals surface area contributed by atoms with Gasteiger partial charge in [0.25, 0.3) is 0 Å². The number of hydrogen-bond acceptors (Lipinski definition) is 6. The third-order valence-electron chi connectivity index (χ3n) is 6.66. The molecule has 6 nitrogen and oxygen atoms in total. The first kappa shape index (κ1) is 39.9. The minimum Gasteiger partial charge on any atom is -0.465 e. The third-order valence-corrected chi connectivity index (χ3v) is 6.66. The van der Waals surface area contributed by atoms with E-state index in [0.29, 0.717) is 18.4 Å². The van der Waals surface area contributed by atoms with Crippen LogP contribution in [0, 0.1) is 11.8 Å². The number of ether oxygens (including phenoxy) is 3. The van der Waals surface area contributed by atoms with Crippen LogP contribution in [-0.4, -0.2) is 30.6 Å². The molecule has 0 rings (SSSR count). The van der Waals surface area contributed by atoms with Gasteiger partial charge in [0.1, 0.15) is 6.10 Å². The fourth-order valence-corrected chi connectivity index (χ4v) is 4.25. The SMILES string of the molecule is CCCCCCCCC=CCCCCCCCC(=O)OCCC(=COC(C)=O)C(CC=C(C)C#CC=C(C)C)OC(C)=O. The van der Waals surface area contributed by atoms with E-state index in [2.05, 4.69) is 30.9 Å². The van der Waals surface area contributed by atoms with Crippen molar-refractivity contribution in [3.63, 3.8) is 0 Å². The van der Waals surface area contributed by atoms with E-state index in [1.165, 1.54) is 77.9 Å². The van der Waals surface area contributed by atoms with Gasteiger partial charge in [-0.2, -0.15) is 0 Å². The lowest BCUT2D eigenvalue weighted by Crippen LogP contribution is -2.21. The smallest absolute Gasteiger partial charge is 0.307 e. The normalized spacial score (nSPS) is 12.3. The molecule has 0 radical (unpaired) electrons. The first-order valence-electron chi connectivity index (χ1n) is 16.3. The number of rotatable bonds is 23. The zero-order chi connectivity index (χ0) is 32.1. The number of hydrogen-bond donors (Lipinski definition) is 0. The lowest BCUT2D eigenvalue weighted by Gasteiger charge is -2.19. The number of allylic oxidation sites excluding steroid dienone is 5. The fraction of sp³-hybridized carbons (Fsp3) is 0.649. The minimum absolute atomic E-state index is 0.109. The Morgan fingerprint density at radius 2 is 1.35 bits per heavy atom. The molecule has 0 aromatic rings. The van der Waals surface area contributed by atoms with Crippen LogP contribution in [0.1, 0.15) is 144 Å². The second-order valence-corrected chi connectivity index (χ2v) is 11.3. The van der Waals surface area contributed by atoms with Gasteiger partial charge in [0.05, 0.1) is 12.9 Å². The number of esters is 3. The minimum atomic E-state index is -0.666. The van der Waals surface area contributed by atoms with Crippen LogP contribution >= 0.6 is 0 Å². The molecule has 0 aliphatic rings. The highest BCUT2D eigenvalue weighted by molar-refractivity contribution is 5.69. The zero-order valence-corrected chi connectivity index (χ0v) is 27.9. The van der Waals surface area contributed by atoms with Crippen LogP contribution in [0.15, 0.2) is 47.3 Å². The van der Waals surface area contributed by atoms with Crippen molar-refractivity contribution in [1.82, 2.24) is 0 Å². The highest BCUT2D eigenvalue weighted by atomic mass is 16.6. The van der Waals surface area contributed by atoms with Gasteiger partial charge in [-0.25, -0.2) is 0 Å². The fourth-order valence-electron chi connectivity index (χ4n) is 4.25. The van der Waals surface area contributed by atoms with Gasteiger partial charge in [-0.3, -0.25) is 14.4 Å². The molecule has 0 aromatic heterocycles. The van der Waals surface area contributed by atoms with Crippen molar-refractivity contribution < 1.29 is 28.6 Å². The largest absolute Gasteiger partial charge is 0.465 e. The molecule has 43 heavy (non-hydrogen) atoms. The highest BCUT2D eigenvalue weighted by Gasteiger charge is 2.18. The maximum Gasteiger partial charge on any atom is 0.307 e. The Bertz CT molecular complexity index is 969. The zero-order valence-electron chi connectivity index (χ0n) is 27.9. The van der Waals surface area contributed by atoms with Gasteiger partial charge in [0.2, 0.25) is 0 Å².